The van der Waals surface area contributed by atoms with Gasteiger partial charge in [0.05, 0.1) is 5.69 Å². The summed E-state index contributed by atoms with van der Waals surface area (Å²) in [6, 6.07) is 5.24. The third-order valence-corrected chi connectivity index (χ3v) is 5.04. The van der Waals surface area contributed by atoms with Crippen molar-refractivity contribution in [2.24, 2.45) is 0 Å². The number of halogens is 1. The van der Waals surface area contributed by atoms with Gasteiger partial charge < -0.3 is 14.5 Å². The summed E-state index contributed by atoms with van der Waals surface area (Å²) in [5, 5.41) is 0.536. The fourth-order valence-corrected chi connectivity index (χ4v) is 3.35. The number of hydrogen-bond donors (Lipinski definition) is 0. The number of nitrogens with zero attached hydrogens (tertiary/aromatic N) is 2. The summed E-state index contributed by atoms with van der Waals surface area (Å²) >= 11 is 6.12. The van der Waals surface area contributed by atoms with E-state index in [0.717, 1.165) is 38.8 Å². The lowest BCUT2D eigenvalue weighted by Gasteiger charge is -2.39. The highest BCUT2D eigenvalue weighted by Gasteiger charge is 2.41. The lowest BCUT2D eigenvalue weighted by Crippen LogP contribution is -2.53. The average Bonchev–Trinajstić information content (AvgIpc) is 2.62. The number of carbonyl (C=O) groups excluding carboxylic acids is 2. The fraction of sp³-hybridized carbons (Fsp3) is 0.619. The fourth-order valence-electron chi connectivity index (χ4n) is 3.19. The van der Waals surface area contributed by atoms with Gasteiger partial charge in [0.15, 0.2) is 5.60 Å². The molecule has 0 N–H and O–H groups in total. The van der Waals surface area contributed by atoms with Crippen LogP contribution < -0.4 is 9.64 Å². The number of benzene rings is 1. The Morgan fingerprint density at radius 2 is 1.81 bits per heavy atom. The maximum atomic E-state index is 12.9. The van der Waals surface area contributed by atoms with Gasteiger partial charge in [-0.3, -0.25) is 9.59 Å². The zero-order valence-electron chi connectivity index (χ0n) is 16.9. The number of unbranched alkanes of at least 4 members (excludes halogenated alkanes) is 2. The van der Waals surface area contributed by atoms with Gasteiger partial charge in [-0.2, -0.15) is 0 Å². The van der Waals surface area contributed by atoms with Gasteiger partial charge in [-0.15, -0.1) is 0 Å². The maximum Gasteiger partial charge on any atom is 0.270 e. The first-order valence-electron chi connectivity index (χ1n) is 9.88. The van der Waals surface area contributed by atoms with Crippen LogP contribution in [0.4, 0.5) is 5.69 Å². The van der Waals surface area contributed by atoms with Crippen molar-refractivity contribution in [1.82, 2.24) is 4.90 Å². The Hall–Kier alpha value is -1.75. The molecule has 1 aromatic rings. The predicted molar refractivity (Wildman–Crippen MR) is 110 cm³/mol. The van der Waals surface area contributed by atoms with Crippen molar-refractivity contribution in [2.45, 2.75) is 65.4 Å². The molecule has 0 fully saturated rings. The molecular weight excluding hydrogens is 364 g/mol. The number of anilines is 1. The van der Waals surface area contributed by atoms with Gasteiger partial charge in [-0.1, -0.05) is 38.3 Å². The molecule has 2 rings (SSSR count). The lowest BCUT2D eigenvalue weighted by atomic mass is 10.0. The average molecular weight is 395 g/mol. The molecule has 0 bridgehead atoms. The Morgan fingerprint density at radius 3 is 2.41 bits per heavy atom. The van der Waals surface area contributed by atoms with Crippen LogP contribution in [0, 0.1) is 0 Å². The summed E-state index contributed by atoms with van der Waals surface area (Å²) in [4.78, 5) is 29.2. The van der Waals surface area contributed by atoms with E-state index >= 15 is 0 Å². The summed E-state index contributed by atoms with van der Waals surface area (Å²) in [7, 11) is 0. The molecule has 0 radical (unpaired) electrons. The monoisotopic (exact) mass is 394 g/mol. The lowest BCUT2D eigenvalue weighted by molar-refractivity contribution is -0.133. The highest BCUT2D eigenvalue weighted by molar-refractivity contribution is 6.31. The molecule has 0 aromatic heterocycles. The molecule has 150 valence electrons. The molecule has 27 heavy (non-hydrogen) atoms. The Bertz CT molecular complexity index is 667. The summed E-state index contributed by atoms with van der Waals surface area (Å²) in [6.45, 7) is 9.62. The minimum absolute atomic E-state index is 0.0950. The second-order valence-electron chi connectivity index (χ2n) is 7.52. The highest BCUT2D eigenvalue weighted by Crippen LogP contribution is 2.39. The Labute approximate surface area is 167 Å². The maximum absolute atomic E-state index is 12.9. The quantitative estimate of drug-likeness (QED) is 0.611. The molecule has 0 saturated heterocycles. The molecule has 5 nitrogen and oxygen atoms in total. The van der Waals surface area contributed by atoms with Crippen LogP contribution in [0.2, 0.25) is 5.02 Å². The van der Waals surface area contributed by atoms with Crippen LogP contribution in [0.3, 0.4) is 0 Å². The van der Waals surface area contributed by atoms with Gasteiger partial charge in [-0.05, 0) is 44.9 Å². The molecule has 0 aliphatic carbocycles. The summed E-state index contributed by atoms with van der Waals surface area (Å²) in [5.41, 5.74) is -0.332. The van der Waals surface area contributed by atoms with E-state index in [1.165, 1.54) is 0 Å². The van der Waals surface area contributed by atoms with E-state index in [1.54, 1.807) is 36.9 Å². The Balaban J connectivity index is 2.13. The molecule has 1 aliphatic heterocycles. The number of carbonyl (C=O) groups is 2. The first-order valence-corrected chi connectivity index (χ1v) is 10.3. The van der Waals surface area contributed by atoms with Crippen molar-refractivity contribution in [1.29, 1.82) is 0 Å². The topological polar surface area (TPSA) is 49.9 Å². The van der Waals surface area contributed by atoms with Crippen LogP contribution in [0.25, 0.3) is 0 Å². The SMILES string of the molecule is CCCCN(CCCC)C(=O)CCN1C(=O)C(C)(C)Oc2ccc(Cl)cc21. The molecule has 0 saturated carbocycles. The number of amides is 2. The van der Waals surface area contributed by atoms with Crippen LogP contribution >= 0.6 is 11.6 Å². The van der Waals surface area contributed by atoms with E-state index in [1.807, 2.05) is 4.90 Å². The molecule has 1 heterocycles. The minimum atomic E-state index is -0.964. The molecule has 2 amide bonds. The highest BCUT2D eigenvalue weighted by atomic mass is 35.5. The van der Waals surface area contributed by atoms with Crippen molar-refractivity contribution >= 4 is 29.1 Å². The van der Waals surface area contributed by atoms with Gasteiger partial charge >= 0.3 is 0 Å². The predicted octanol–water partition coefficient (Wildman–Crippen LogP) is 4.66. The van der Waals surface area contributed by atoms with E-state index in [0.29, 0.717) is 29.4 Å². The molecular formula is C21H31ClN2O3. The number of hydrogen-bond acceptors (Lipinski definition) is 3. The van der Waals surface area contributed by atoms with Gasteiger partial charge in [0.25, 0.3) is 5.91 Å². The molecule has 0 unspecified atom stereocenters. The van der Waals surface area contributed by atoms with Crippen LogP contribution in [0.5, 0.6) is 5.75 Å². The zero-order chi connectivity index (χ0) is 20.0. The van der Waals surface area contributed by atoms with Gasteiger partial charge in [0.1, 0.15) is 5.75 Å². The van der Waals surface area contributed by atoms with Crippen LogP contribution in [0.15, 0.2) is 18.2 Å². The van der Waals surface area contributed by atoms with E-state index in [2.05, 4.69) is 13.8 Å². The first-order chi connectivity index (χ1) is 12.8. The van der Waals surface area contributed by atoms with Crippen molar-refractivity contribution in [3.8, 4) is 5.75 Å². The Morgan fingerprint density at radius 1 is 1.19 bits per heavy atom. The van der Waals surface area contributed by atoms with Crippen LogP contribution in [-0.4, -0.2) is 41.9 Å². The van der Waals surface area contributed by atoms with Crippen molar-refractivity contribution in [3.63, 3.8) is 0 Å². The summed E-state index contributed by atoms with van der Waals surface area (Å²) in [5.74, 6) is 0.557. The van der Waals surface area contributed by atoms with E-state index in [9.17, 15) is 9.59 Å². The van der Waals surface area contributed by atoms with Crippen molar-refractivity contribution < 1.29 is 14.3 Å². The van der Waals surface area contributed by atoms with Crippen LogP contribution in [0.1, 0.15) is 59.8 Å². The standard InChI is InChI=1S/C21H31ClN2O3/c1-5-7-12-23(13-8-6-2)19(25)11-14-24-17-15-16(22)9-10-18(17)27-21(3,4)20(24)26/h9-10,15H,5-8,11-14H2,1-4H3. The molecule has 1 aromatic carbocycles. The molecule has 0 spiro atoms. The van der Waals surface area contributed by atoms with E-state index in [-0.39, 0.29) is 11.8 Å². The summed E-state index contributed by atoms with van der Waals surface area (Å²) < 4.78 is 5.83. The third kappa shape index (κ3) is 5.38. The molecule has 6 heteroatoms. The van der Waals surface area contributed by atoms with Crippen LogP contribution in [-0.2, 0) is 9.59 Å². The van der Waals surface area contributed by atoms with Crippen molar-refractivity contribution in [2.75, 3.05) is 24.5 Å². The van der Waals surface area contributed by atoms with Gasteiger partial charge in [-0.25, -0.2) is 0 Å². The summed E-state index contributed by atoms with van der Waals surface area (Å²) in [6.07, 6.45) is 4.39. The number of fused-ring (bicyclic) bond motifs is 1. The second kappa shape index (κ2) is 9.45. The van der Waals surface area contributed by atoms with E-state index in [4.69, 9.17) is 16.3 Å². The third-order valence-electron chi connectivity index (χ3n) is 4.80. The first kappa shape index (κ1) is 21.5. The largest absolute Gasteiger partial charge is 0.476 e. The number of rotatable bonds is 9. The normalized spacial score (nSPS) is 15.3. The second-order valence-corrected chi connectivity index (χ2v) is 7.96. The zero-order valence-corrected chi connectivity index (χ0v) is 17.6. The van der Waals surface area contributed by atoms with Crippen molar-refractivity contribution in [3.05, 3.63) is 23.2 Å². The van der Waals surface area contributed by atoms with E-state index < -0.39 is 5.60 Å². The minimum Gasteiger partial charge on any atom is -0.476 e. The number of ether oxygens (including phenoxy) is 1. The van der Waals surface area contributed by atoms with Gasteiger partial charge in [0.2, 0.25) is 5.91 Å². The van der Waals surface area contributed by atoms with Gasteiger partial charge in [0, 0.05) is 31.1 Å². The molecule has 0 atom stereocenters. The Kier molecular flexibility index (Phi) is 7.54. The molecule has 1 aliphatic rings. The smallest absolute Gasteiger partial charge is 0.270 e.